The van der Waals surface area contributed by atoms with Crippen LogP contribution < -0.4 is 14.8 Å². The summed E-state index contributed by atoms with van der Waals surface area (Å²) in [7, 11) is 0. The Labute approximate surface area is 180 Å². The molecule has 0 aliphatic heterocycles. The van der Waals surface area contributed by atoms with Crippen LogP contribution in [0.4, 0.5) is 5.69 Å². The van der Waals surface area contributed by atoms with Gasteiger partial charge in [0.25, 0.3) is 0 Å². The highest BCUT2D eigenvalue weighted by molar-refractivity contribution is 6.33. The smallest absolute Gasteiger partial charge is 0.180 e. The zero-order valence-corrected chi connectivity index (χ0v) is 17.6. The molecule has 0 heterocycles. The van der Waals surface area contributed by atoms with Gasteiger partial charge in [0.1, 0.15) is 6.61 Å². The van der Waals surface area contributed by atoms with E-state index in [9.17, 15) is 0 Å². The van der Waals surface area contributed by atoms with Gasteiger partial charge in [-0.1, -0.05) is 65.1 Å². The van der Waals surface area contributed by atoms with E-state index in [1.807, 2.05) is 67.6 Å². The first-order valence-electron chi connectivity index (χ1n) is 8.88. The highest BCUT2D eigenvalue weighted by atomic mass is 35.5. The van der Waals surface area contributed by atoms with Gasteiger partial charge in [-0.05, 0) is 42.8 Å². The third-order valence-electron chi connectivity index (χ3n) is 4.06. The van der Waals surface area contributed by atoms with Gasteiger partial charge in [-0.25, -0.2) is 0 Å². The van der Waals surface area contributed by atoms with Crippen molar-refractivity contribution in [3.05, 3.63) is 86.9 Å². The Morgan fingerprint density at radius 2 is 1.54 bits per heavy atom. The molecule has 3 aromatic rings. The van der Waals surface area contributed by atoms with Crippen LogP contribution in [0.15, 0.2) is 60.7 Å². The number of ether oxygens (including phenoxy) is 2. The second kappa shape index (κ2) is 9.92. The number of benzene rings is 3. The Kier molecular flexibility index (Phi) is 7.32. The van der Waals surface area contributed by atoms with Crippen LogP contribution >= 0.6 is 34.8 Å². The van der Waals surface area contributed by atoms with Gasteiger partial charge in [0.15, 0.2) is 11.5 Å². The molecule has 3 nitrogen and oxygen atoms in total. The highest BCUT2D eigenvalue weighted by Gasteiger charge is 2.14. The number of hydrogen-bond donors (Lipinski definition) is 1. The first-order chi connectivity index (χ1) is 13.6. The molecule has 0 saturated heterocycles. The van der Waals surface area contributed by atoms with Crippen molar-refractivity contribution in [2.45, 2.75) is 20.1 Å². The lowest BCUT2D eigenvalue weighted by molar-refractivity contribution is 0.269. The molecule has 0 bridgehead atoms. The molecule has 0 aromatic heterocycles. The standard InChI is InChI=1S/C22H20Cl3NO2/c1-2-27-21-12-15(13-26-20-10-6-5-9-18(20)24)11-19(25)22(21)28-14-16-7-3-4-8-17(16)23/h3-12,26H,2,13-14H2,1H3. The van der Waals surface area contributed by atoms with Crippen molar-refractivity contribution in [3.63, 3.8) is 0 Å². The Morgan fingerprint density at radius 1 is 0.821 bits per heavy atom. The fourth-order valence-electron chi connectivity index (χ4n) is 2.69. The quantitative estimate of drug-likeness (QED) is 0.404. The summed E-state index contributed by atoms with van der Waals surface area (Å²) in [4.78, 5) is 0. The molecular formula is C22H20Cl3NO2. The zero-order chi connectivity index (χ0) is 19.9. The van der Waals surface area contributed by atoms with E-state index < -0.39 is 0 Å². The summed E-state index contributed by atoms with van der Waals surface area (Å²) in [5.41, 5.74) is 2.70. The second-order valence-electron chi connectivity index (χ2n) is 6.05. The van der Waals surface area contributed by atoms with E-state index in [1.54, 1.807) is 0 Å². The normalized spacial score (nSPS) is 10.6. The molecule has 0 aliphatic carbocycles. The SMILES string of the molecule is CCOc1cc(CNc2ccccc2Cl)cc(Cl)c1OCc1ccccc1Cl. The minimum Gasteiger partial charge on any atom is -0.490 e. The molecule has 0 atom stereocenters. The average Bonchev–Trinajstić information content (AvgIpc) is 2.68. The van der Waals surface area contributed by atoms with Gasteiger partial charge >= 0.3 is 0 Å². The van der Waals surface area contributed by atoms with Crippen LogP contribution in [-0.4, -0.2) is 6.61 Å². The minimum atomic E-state index is 0.302. The fraction of sp³-hybridized carbons (Fsp3) is 0.182. The Bertz CT molecular complexity index is 947. The average molecular weight is 437 g/mol. The van der Waals surface area contributed by atoms with Crippen molar-refractivity contribution in [2.24, 2.45) is 0 Å². The number of rotatable bonds is 8. The van der Waals surface area contributed by atoms with Gasteiger partial charge in [0.2, 0.25) is 0 Å². The van der Waals surface area contributed by atoms with Crippen molar-refractivity contribution in [2.75, 3.05) is 11.9 Å². The largest absolute Gasteiger partial charge is 0.490 e. The zero-order valence-electron chi connectivity index (χ0n) is 15.3. The molecule has 146 valence electrons. The number of nitrogens with one attached hydrogen (secondary N) is 1. The molecule has 0 aliphatic rings. The predicted octanol–water partition coefficient (Wildman–Crippen LogP) is 7.24. The molecule has 0 unspecified atom stereocenters. The van der Waals surface area contributed by atoms with Crippen LogP contribution in [-0.2, 0) is 13.2 Å². The van der Waals surface area contributed by atoms with Gasteiger partial charge < -0.3 is 14.8 Å². The van der Waals surface area contributed by atoms with E-state index in [0.717, 1.165) is 16.8 Å². The molecule has 0 spiro atoms. The number of anilines is 1. The summed E-state index contributed by atoms with van der Waals surface area (Å²) in [6.45, 7) is 3.27. The summed E-state index contributed by atoms with van der Waals surface area (Å²) in [6.07, 6.45) is 0. The molecule has 3 rings (SSSR count). The van der Waals surface area contributed by atoms with Gasteiger partial charge in [0.05, 0.1) is 22.3 Å². The summed E-state index contributed by atoms with van der Waals surface area (Å²) in [5.74, 6) is 1.10. The van der Waals surface area contributed by atoms with E-state index in [2.05, 4.69) is 5.32 Å². The summed E-state index contributed by atoms with van der Waals surface area (Å²) >= 11 is 18.9. The first-order valence-corrected chi connectivity index (χ1v) is 10.0. The molecule has 6 heteroatoms. The number of para-hydroxylation sites is 1. The van der Waals surface area contributed by atoms with E-state index >= 15 is 0 Å². The maximum absolute atomic E-state index is 6.50. The minimum absolute atomic E-state index is 0.302. The molecule has 0 fully saturated rings. The van der Waals surface area contributed by atoms with E-state index in [1.165, 1.54) is 0 Å². The van der Waals surface area contributed by atoms with Crippen LogP contribution in [0.3, 0.4) is 0 Å². The third-order valence-corrected chi connectivity index (χ3v) is 5.03. The lowest BCUT2D eigenvalue weighted by Gasteiger charge is -2.16. The molecule has 28 heavy (non-hydrogen) atoms. The molecule has 0 radical (unpaired) electrons. The van der Waals surface area contributed by atoms with Crippen LogP contribution in [0.5, 0.6) is 11.5 Å². The number of hydrogen-bond acceptors (Lipinski definition) is 3. The Hall–Kier alpha value is -2.07. The van der Waals surface area contributed by atoms with Crippen LogP contribution in [0.1, 0.15) is 18.1 Å². The van der Waals surface area contributed by atoms with E-state index in [0.29, 0.717) is 46.3 Å². The van der Waals surface area contributed by atoms with Crippen LogP contribution in [0, 0.1) is 0 Å². The number of halogens is 3. The molecule has 1 N–H and O–H groups in total. The molecular weight excluding hydrogens is 417 g/mol. The van der Waals surface area contributed by atoms with Crippen LogP contribution in [0.25, 0.3) is 0 Å². The van der Waals surface area contributed by atoms with Crippen molar-refractivity contribution in [1.29, 1.82) is 0 Å². The summed E-state index contributed by atoms with van der Waals surface area (Å²) in [5, 5.41) is 5.10. The molecule has 0 amide bonds. The monoisotopic (exact) mass is 435 g/mol. The topological polar surface area (TPSA) is 30.5 Å². The van der Waals surface area contributed by atoms with Gasteiger partial charge in [-0.2, -0.15) is 0 Å². The third kappa shape index (κ3) is 5.26. The maximum atomic E-state index is 6.50. The van der Waals surface area contributed by atoms with Crippen molar-refractivity contribution in [1.82, 2.24) is 0 Å². The summed E-state index contributed by atoms with van der Waals surface area (Å²) < 4.78 is 11.7. The van der Waals surface area contributed by atoms with Crippen molar-refractivity contribution < 1.29 is 9.47 Å². The van der Waals surface area contributed by atoms with Crippen molar-refractivity contribution >= 4 is 40.5 Å². The Balaban J connectivity index is 1.77. The summed E-state index contributed by atoms with van der Waals surface area (Å²) in [6, 6.07) is 18.9. The van der Waals surface area contributed by atoms with Gasteiger partial charge in [-0.15, -0.1) is 0 Å². The Morgan fingerprint density at radius 3 is 2.25 bits per heavy atom. The maximum Gasteiger partial charge on any atom is 0.180 e. The van der Waals surface area contributed by atoms with Crippen molar-refractivity contribution in [3.8, 4) is 11.5 Å². The highest BCUT2D eigenvalue weighted by Crippen LogP contribution is 2.38. The van der Waals surface area contributed by atoms with Crippen LogP contribution in [0.2, 0.25) is 15.1 Å². The first kappa shape index (κ1) is 20.7. The van der Waals surface area contributed by atoms with E-state index in [-0.39, 0.29) is 0 Å². The van der Waals surface area contributed by atoms with Gasteiger partial charge in [0, 0.05) is 17.1 Å². The lowest BCUT2D eigenvalue weighted by atomic mass is 10.2. The predicted molar refractivity (Wildman–Crippen MR) is 117 cm³/mol. The second-order valence-corrected chi connectivity index (χ2v) is 7.27. The fourth-order valence-corrected chi connectivity index (χ4v) is 3.37. The molecule has 0 saturated carbocycles. The lowest BCUT2D eigenvalue weighted by Crippen LogP contribution is -2.04. The van der Waals surface area contributed by atoms with E-state index in [4.69, 9.17) is 44.3 Å². The molecule has 3 aromatic carbocycles. The van der Waals surface area contributed by atoms with Gasteiger partial charge in [-0.3, -0.25) is 0 Å².